The summed E-state index contributed by atoms with van der Waals surface area (Å²) in [6.07, 6.45) is 0. The van der Waals surface area contributed by atoms with E-state index in [0.29, 0.717) is 23.1 Å². The zero-order valence-corrected chi connectivity index (χ0v) is 14.9. The van der Waals surface area contributed by atoms with Crippen molar-refractivity contribution in [3.8, 4) is 5.75 Å². The Morgan fingerprint density at radius 1 is 1.42 bits per heavy atom. The fraction of sp³-hybridized carbons (Fsp3) is 0.353. The number of phenols is 1. The van der Waals surface area contributed by atoms with Crippen LogP contribution in [0.5, 0.6) is 5.75 Å². The number of hydrogen-bond donors (Lipinski definition) is 4. The van der Waals surface area contributed by atoms with Gasteiger partial charge in [-0.25, -0.2) is 0 Å². The summed E-state index contributed by atoms with van der Waals surface area (Å²) in [4.78, 5) is 39.5. The van der Waals surface area contributed by atoms with Crippen LogP contribution in [0.15, 0.2) is 12.1 Å². The van der Waals surface area contributed by atoms with Crippen molar-refractivity contribution in [3.63, 3.8) is 0 Å². The molecule has 138 valence electrons. The van der Waals surface area contributed by atoms with Gasteiger partial charge in [-0.2, -0.15) is 0 Å². The van der Waals surface area contributed by atoms with Crippen LogP contribution < -0.4 is 10.2 Å². The van der Waals surface area contributed by atoms with Gasteiger partial charge in [0.1, 0.15) is 17.5 Å². The third-order valence-corrected chi connectivity index (χ3v) is 4.92. The Bertz CT molecular complexity index is 923. The maximum absolute atomic E-state index is 12.3. The number of fused-ring (bicyclic) bond motifs is 3. The van der Waals surface area contributed by atoms with Crippen LogP contribution in [0.25, 0.3) is 10.9 Å². The second kappa shape index (κ2) is 6.53. The second-order valence-corrected chi connectivity index (χ2v) is 6.62. The largest absolute Gasteiger partial charge is 0.506 e. The summed E-state index contributed by atoms with van der Waals surface area (Å²) in [6.45, 7) is 3.19. The molecule has 2 heterocycles. The molecule has 0 spiro atoms. The molecule has 3 rings (SSSR count). The van der Waals surface area contributed by atoms with E-state index in [0.717, 1.165) is 5.56 Å². The average molecular weight is 380 g/mol. The number of aromatic nitrogens is 1. The van der Waals surface area contributed by atoms with Crippen molar-refractivity contribution in [2.24, 2.45) is 0 Å². The van der Waals surface area contributed by atoms with Crippen LogP contribution in [-0.2, 0) is 9.59 Å². The SMILES string of the molecule is CC(=O)N1CC(CCl)c2c1cc(O)c1[nH]c(C(=O)N[C@@H](C)C(=O)O)cc21. The molecule has 9 heteroatoms. The van der Waals surface area contributed by atoms with Crippen molar-refractivity contribution in [3.05, 3.63) is 23.4 Å². The summed E-state index contributed by atoms with van der Waals surface area (Å²) in [6, 6.07) is 1.96. The van der Waals surface area contributed by atoms with Crippen molar-refractivity contribution < 1.29 is 24.6 Å². The van der Waals surface area contributed by atoms with Gasteiger partial charge in [-0.1, -0.05) is 0 Å². The first kappa shape index (κ1) is 18.1. The molecular weight excluding hydrogens is 362 g/mol. The summed E-state index contributed by atoms with van der Waals surface area (Å²) in [5, 5.41) is 22.2. The third-order valence-electron chi connectivity index (χ3n) is 4.54. The molecule has 0 fully saturated rings. The monoisotopic (exact) mass is 379 g/mol. The number of amides is 2. The summed E-state index contributed by atoms with van der Waals surface area (Å²) in [5.41, 5.74) is 1.81. The molecule has 2 amide bonds. The number of phenolic OH excluding ortho intramolecular Hbond substituents is 1. The van der Waals surface area contributed by atoms with E-state index < -0.39 is 17.9 Å². The van der Waals surface area contributed by atoms with Gasteiger partial charge in [-0.3, -0.25) is 14.4 Å². The Morgan fingerprint density at radius 3 is 2.69 bits per heavy atom. The van der Waals surface area contributed by atoms with Crippen LogP contribution in [0, 0.1) is 0 Å². The minimum absolute atomic E-state index is 0.106. The molecule has 1 aliphatic heterocycles. The molecule has 1 aliphatic rings. The highest BCUT2D eigenvalue weighted by molar-refractivity contribution is 6.19. The number of carboxylic acid groups (broad SMARTS) is 1. The van der Waals surface area contributed by atoms with E-state index in [-0.39, 0.29) is 29.1 Å². The standard InChI is InChI=1S/C17H18ClN3O5/c1-7(17(25)26)19-16(24)11-3-10-14-9(5-18)6-21(8(2)22)12(14)4-13(23)15(10)20-11/h3-4,7,9,20,23H,5-6H2,1-2H3,(H,19,24)(H,25,26)/t7-,9?/m0/s1. The molecule has 8 nitrogen and oxygen atoms in total. The van der Waals surface area contributed by atoms with Crippen molar-refractivity contribution in [2.45, 2.75) is 25.8 Å². The quantitative estimate of drug-likeness (QED) is 0.603. The van der Waals surface area contributed by atoms with E-state index in [4.69, 9.17) is 16.7 Å². The molecule has 26 heavy (non-hydrogen) atoms. The lowest BCUT2D eigenvalue weighted by molar-refractivity contribution is -0.138. The molecule has 2 aromatic rings. The Hall–Kier alpha value is -2.74. The summed E-state index contributed by atoms with van der Waals surface area (Å²) in [5.74, 6) is -1.89. The number of H-pyrrole nitrogens is 1. The Balaban J connectivity index is 2.10. The topological polar surface area (TPSA) is 123 Å². The molecule has 1 aromatic carbocycles. The van der Waals surface area contributed by atoms with Gasteiger partial charge < -0.3 is 25.4 Å². The number of rotatable bonds is 4. The highest BCUT2D eigenvalue weighted by Crippen LogP contribution is 2.45. The van der Waals surface area contributed by atoms with E-state index in [1.807, 2.05) is 0 Å². The first-order chi connectivity index (χ1) is 12.2. The number of carboxylic acids is 1. The molecule has 0 bridgehead atoms. The van der Waals surface area contributed by atoms with Gasteiger partial charge in [0, 0.05) is 36.7 Å². The number of nitrogens with zero attached hydrogens (tertiary/aromatic N) is 1. The smallest absolute Gasteiger partial charge is 0.325 e. The molecule has 1 aromatic heterocycles. The van der Waals surface area contributed by atoms with Crippen LogP contribution >= 0.6 is 11.6 Å². The Morgan fingerprint density at radius 2 is 2.12 bits per heavy atom. The predicted octanol–water partition coefficient (Wildman–Crippen LogP) is 1.77. The van der Waals surface area contributed by atoms with E-state index in [1.165, 1.54) is 19.9 Å². The van der Waals surface area contributed by atoms with E-state index in [1.54, 1.807) is 11.0 Å². The van der Waals surface area contributed by atoms with Gasteiger partial charge in [0.05, 0.1) is 11.2 Å². The average Bonchev–Trinajstić information content (AvgIpc) is 3.16. The first-order valence-electron chi connectivity index (χ1n) is 8.00. The summed E-state index contributed by atoms with van der Waals surface area (Å²) in [7, 11) is 0. The number of halogens is 1. The fourth-order valence-corrected chi connectivity index (χ4v) is 3.48. The number of aliphatic carboxylic acids is 1. The number of carbonyl (C=O) groups excluding carboxylic acids is 2. The minimum Gasteiger partial charge on any atom is -0.506 e. The fourth-order valence-electron chi connectivity index (χ4n) is 3.23. The van der Waals surface area contributed by atoms with E-state index in [9.17, 15) is 19.5 Å². The Kier molecular flexibility index (Phi) is 4.53. The van der Waals surface area contributed by atoms with Gasteiger partial charge in [0.2, 0.25) is 5.91 Å². The van der Waals surface area contributed by atoms with Gasteiger partial charge in [0.25, 0.3) is 5.91 Å². The lowest BCUT2D eigenvalue weighted by Gasteiger charge is -2.15. The van der Waals surface area contributed by atoms with Crippen molar-refractivity contribution in [1.82, 2.24) is 10.3 Å². The zero-order chi connectivity index (χ0) is 19.2. The molecule has 0 saturated heterocycles. The van der Waals surface area contributed by atoms with Crippen LogP contribution in [0.4, 0.5) is 5.69 Å². The third kappa shape index (κ3) is 2.86. The molecule has 4 N–H and O–H groups in total. The maximum Gasteiger partial charge on any atom is 0.325 e. The summed E-state index contributed by atoms with van der Waals surface area (Å²) < 4.78 is 0. The van der Waals surface area contributed by atoms with Gasteiger partial charge in [-0.15, -0.1) is 11.6 Å². The molecule has 1 unspecified atom stereocenters. The van der Waals surface area contributed by atoms with Crippen molar-refractivity contribution >= 4 is 46.0 Å². The highest BCUT2D eigenvalue weighted by Gasteiger charge is 2.34. The van der Waals surface area contributed by atoms with Crippen LogP contribution in [0.2, 0.25) is 0 Å². The molecule has 0 radical (unpaired) electrons. The van der Waals surface area contributed by atoms with Gasteiger partial charge in [-0.05, 0) is 18.6 Å². The number of aromatic amines is 1. The molecular formula is C17H18ClN3O5. The first-order valence-corrected chi connectivity index (χ1v) is 8.54. The number of carbonyl (C=O) groups is 3. The van der Waals surface area contributed by atoms with E-state index in [2.05, 4.69) is 10.3 Å². The van der Waals surface area contributed by atoms with Crippen molar-refractivity contribution in [2.75, 3.05) is 17.3 Å². The lowest BCUT2D eigenvalue weighted by atomic mass is 9.98. The predicted molar refractivity (Wildman–Crippen MR) is 96.0 cm³/mol. The van der Waals surface area contributed by atoms with Crippen LogP contribution in [0.3, 0.4) is 0 Å². The number of hydrogen-bond acceptors (Lipinski definition) is 4. The zero-order valence-electron chi connectivity index (χ0n) is 14.2. The number of anilines is 1. The number of benzene rings is 1. The maximum atomic E-state index is 12.3. The number of aromatic hydroxyl groups is 1. The number of alkyl halides is 1. The Labute approximate surface area is 153 Å². The van der Waals surface area contributed by atoms with Crippen LogP contribution in [0.1, 0.15) is 35.8 Å². The highest BCUT2D eigenvalue weighted by atomic mass is 35.5. The van der Waals surface area contributed by atoms with Crippen LogP contribution in [-0.4, -0.2) is 51.4 Å². The molecule has 2 atom stereocenters. The second-order valence-electron chi connectivity index (χ2n) is 6.31. The van der Waals surface area contributed by atoms with Gasteiger partial charge in [0.15, 0.2) is 0 Å². The van der Waals surface area contributed by atoms with E-state index >= 15 is 0 Å². The molecule has 0 saturated carbocycles. The minimum atomic E-state index is -1.16. The molecule has 0 aliphatic carbocycles. The van der Waals surface area contributed by atoms with Gasteiger partial charge >= 0.3 is 5.97 Å². The number of nitrogens with one attached hydrogen (secondary N) is 2. The lowest BCUT2D eigenvalue weighted by Crippen LogP contribution is -2.38. The normalized spacial score (nSPS) is 17.2. The summed E-state index contributed by atoms with van der Waals surface area (Å²) >= 11 is 6.06. The van der Waals surface area contributed by atoms with Crippen molar-refractivity contribution in [1.29, 1.82) is 0 Å².